The Morgan fingerprint density at radius 2 is 2.06 bits per heavy atom. The van der Waals surface area contributed by atoms with Crippen LogP contribution in [0, 0.1) is 23.7 Å². The zero-order chi connectivity index (χ0) is 22.4. The predicted octanol–water partition coefficient (Wildman–Crippen LogP) is 4.20. The molecule has 0 saturated heterocycles. The highest BCUT2D eigenvalue weighted by Gasteiger charge is 2.48. The molecular formula is C27H39NO3. The molecular weight excluding hydrogens is 386 g/mol. The number of aryl methyl sites for hydroxylation is 1. The van der Waals surface area contributed by atoms with Crippen molar-refractivity contribution in [2.75, 3.05) is 6.54 Å². The zero-order valence-corrected chi connectivity index (χ0v) is 19.5. The van der Waals surface area contributed by atoms with Gasteiger partial charge in [0.2, 0.25) is 0 Å². The summed E-state index contributed by atoms with van der Waals surface area (Å²) in [6, 6.07) is 6.98. The number of hydrogen-bond donors (Lipinski definition) is 3. The van der Waals surface area contributed by atoms with E-state index < -0.39 is 12.2 Å². The number of aliphatic hydroxyl groups excluding tert-OH is 2. The van der Waals surface area contributed by atoms with Gasteiger partial charge in [0.05, 0.1) is 12.2 Å². The Balaban J connectivity index is 1.67. The molecule has 0 amide bonds. The Hall–Kier alpha value is -1.80. The van der Waals surface area contributed by atoms with E-state index in [1.54, 1.807) is 0 Å². The topological polar surface area (TPSA) is 61.7 Å². The Morgan fingerprint density at radius 3 is 2.81 bits per heavy atom. The van der Waals surface area contributed by atoms with Gasteiger partial charge in [-0.05, 0) is 44.2 Å². The molecule has 1 heterocycles. The summed E-state index contributed by atoms with van der Waals surface area (Å²) >= 11 is 0. The highest BCUT2D eigenvalue weighted by Crippen LogP contribution is 2.52. The second kappa shape index (κ2) is 11.2. The Morgan fingerprint density at radius 1 is 1.26 bits per heavy atom. The minimum absolute atomic E-state index is 0.0175. The van der Waals surface area contributed by atoms with E-state index in [1.165, 1.54) is 11.1 Å². The molecule has 0 bridgehead atoms. The summed E-state index contributed by atoms with van der Waals surface area (Å²) in [7, 11) is 0. The van der Waals surface area contributed by atoms with Gasteiger partial charge < -0.3 is 20.3 Å². The summed E-state index contributed by atoms with van der Waals surface area (Å²) < 4.78 is 6.38. The van der Waals surface area contributed by atoms with E-state index in [0.717, 1.165) is 31.6 Å². The quantitative estimate of drug-likeness (QED) is 0.299. The molecule has 1 fully saturated rings. The predicted molar refractivity (Wildman–Crippen MR) is 126 cm³/mol. The van der Waals surface area contributed by atoms with E-state index in [1.807, 2.05) is 26.0 Å². The molecule has 0 spiro atoms. The van der Waals surface area contributed by atoms with Crippen molar-refractivity contribution in [3.05, 3.63) is 41.5 Å². The van der Waals surface area contributed by atoms with Crippen LogP contribution in [0.1, 0.15) is 70.4 Å². The fourth-order valence-electron chi connectivity index (χ4n) is 4.81. The van der Waals surface area contributed by atoms with Crippen LogP contribution in [0.5, 0.6) is 5.75 Å². The smallest absolute Gasteiger partial charge is 0.126 e. The monoisotopic (exact) mass is 425 g/mol. The van der Waals surface area contributed by atoms with Crippen molar-refractivity contribution in [2.24, 2.45) is 11.8 Å². The van der Waals surface area contributed by atoms with Crippen molar-refractivity contribution in [1.29, 1.82) is 0 Å². The van der Waals surface area contributed by atoms with Gasteiger partial charge in [-0.2, -0.15) is 0 Å². The summed E-state index contributed by atoms with van der Waals surface area (Å²) in [5.74, 6) is 7.15. The lowest BCUT2D eigenvalue weighted by molar-refractivity contribution is 0.134. The number of para-hydroxylation sites is 1. The number of rotatable bonds is 10. The van der Waals surface area contributed by atoms with Crippen molar-refractivity contribution in [1.82, 2.24) is 5.32 Å². The molecule has 0 radical (unpaired) electrons. The van der Waals surface area contributed by atoms with E-state index in [-0.39, 0.29) is 23.9 Å². The first-order valence-electron chi connectivity index (χ1n) is 11.9. The first kappa shape index (κ1) is 23.9. The maximum Gasteiger partial charge on any atom is 0.126 e. The molecule has 1 aliphatic carbocycles. The van der Waals surface area contributed by atoms with Gasteiger partial charge in [0.15, 0.2) is 0 Å². The summed E-state index contributed by atoms with van der Waals surface area (Å²) in [4.78, 5) is 0. The molecule has 4 nitrogen and oxygen atoms in total. The first-order valence-corrected chi connectivity index (χ1v) is 11.9. The summed E-state index contributed by atoms with van der Waals surface area (Å²) in [6.07, 6.45) is 7.48. The minimum atomic E-state index is -0.556. The lowest BCUT2D eigenvalue weighted by atomic mass is 9.86. The number of benzene rings is 1. The molecule has 2 aliphatic rings. The lowest BCUT2D eigenvalue weighted by Gasteiger charge is -2.19. The molecule has 3 rings (SSSR count). The van der Waals surface area contributed by atoms with Crippen molar-refractivity contribution in [3.8, 4) is 17.6 Å². The summed E-state index contributed by atoms with van der Waals surface area (Å²) in [6.45, 7) is 9.22. The van der Waals surface area contributed by atoms with Gasteiger partial charge in [-0.3, -0.25) is 0 Å². The average molecular weight is 426 g/mol. The van der Waals surface area contributed by atoms with Crippen molar-refractivity contribution in [2.45, 2.75) is 90.1 Å². The van der Waals surface area contributed by atoms with E-state index in [0.29, 0.717) is 18.9 Å². The third-order valence-electron chi connectivity index (χ3n) is 6.63. The van der Waals surface area contributed by atoms with Crippen molar-refractivity contribution < 1.29 is 14.9 Å². The van der Waals surface area contributed by atoms with Crippen LogP contribution in [-0.4, -0.2) is 41.1 Å². The van der Waals surface area contributed by atoms with Crippen LogP contribution in [0.25, 0.3) is 0 Å². The highest BCUT2D eigenvalue weighted by atomic mass is 16.5. The number of aliphatic hydroxyl groups is 2. The molecule has 3 N–H and O–H groups in total. The maximum atomic E-state index is 10.7. The van der Waals surface area contributed by atoms with Crippen LogP contribution in [0.15, 0.2) is 30.4 Å². The van der Waals surface area contributed by atoms with Gasteiger partial charge >= 0.3 is 0 Å². The van der Waals surface area contributed by atoms with Crippen LogP contribution in [0.4, 0.5) is 0 Å². The second-order valence-electron chi connectivity index (χ2n) is 9.45. The molecule has 1 saturated carbocycles. The normalized spacial score (nSPS) is 26.3. The van der Waals surface area contributed by atoms with Crippen molar-refractivity contribution >= 4 is 0 Å². The summed E-state index contributed by atoms with van der Waals surface area (Å²) in [5, 5.41) is 24.6. The maximum absolute atomic E-state index is 10.7. The number of hydrogen-bond acceptors (Lipinski definition) is 4. The van der Waals surface area contributed by atoms with Gasteiger partial charge in [0, 0.05) is 36.3 Å². The summed E-state index contributed by atoms with van der Waals surface area (Å²) in [5.41, 5.74) is 2.49. The molecule has 0 unspecified atom stereocenters. The number of ether oxygens (including phenoxy) is 1. The van der Waals surface area contributed by atoms with Crippen LogP contribution >= 0.6 is 0 Å². The van der Waals surface area contributed by atoms with Crippen molar-refractivity contribution in [3.63, 3.8) is 0 Å². The van der Waals surface area contributed by atoms with E-state index >= 15 is 0 Å². The minimum Gasteiger partial charge on any atom is -0.489 e. The number of unbranched alkanes of at least 4 members (excludes halogenated alkanes) is 1. The van der Waals surface area contributed by atoms with Crippen LogP contribution in [0.2, 0.25) is 0 Å². The zero-order valence-electron chi connectivity index (χ0n) is 19.5. The van der Waals surface area contributed by atoms with Crippen LogP contribution in [-0.2, 0) is 6.42 Å². The Bertz CT molecular complexity index is 806. The van der Waals surface area contributed by atoms with Crippen LogP contribution in [0.3, 0.4) is 0 Å². The molecule has 4 heteroatoms. The largest absolute Gasteiger partial charge is 0.489 e. The number of nitrogens with one attached hydrogen (secondary N) is 1. The van der Waals surface area contributed by atoms with E-state index in [4.69, 9.17) is 4.74 Å². The molecule has 6 atom stereocenters. The average Bonchev–Trinajstić information content (AvgIpc) is 3.24. The third-order valence-corrected chi connectivity index (χ3v) is 6.63. The lowest BCUT2D eigenvalue weighted by Crippen LogP contribution is -2.23. The SMILES string of the molecule is CC#CC[C@@H](C)[C@H](O)C=C[C@@H]1[C@H]2c3cccc(CCCCNC(C)C)c3O[C@H]2C[C@H]1O. The molecule has 1 aromatic rings. The highest BCUT2D eigenvalue weighted by molar-refractivity contribution is 5.49. The van der Waals surface area contributed by atoms with Gasteiger partial charge in [-0.15, -0.1) is 11.8 Å². The number of fused-ring (bicyclic) bond motifs is 3. The van der Waals surface area contributed by atoms with E-state index in [9.17, 15) is 10.2 Å². The first-order chi connectivity index (χ1) is 14.9. The molecule has 1 aliphatic heterocycles. The van der Waals surface area contributed by atoms with Gasteiger partial charge in [0.25, 0.3) is 0 Å². The van der Waals surface area contributed by atoms with Gasteiger partial charge in [-0.1, -0.05) is 51.1 Å². The van der Waals surface area contributed by atoms with Gasteiger partial charge in [-0.25, -0.2) is 0 Å². The third kappa shape index (κ3) is 5.92. The Kier molecular flexibility index (Phi) is 8.60. The fourth-order valence-corrected chi connectivity index (χ4v) is 4.81. The Labute approximate surface area is 188 Å². The van der Waals surface area contributed by atoms with E-state index in [2.05, 4.69) is 49.2 Å². The van der Waals surface area contributed by atoms with Gasteiger partial charge in [0.1, 0.15) is 11.9 Å². The second-order valence-corrected chi connectivity index (χ2v) is 9.45. The molecule has 1 aromatic carbocycles. The molecule has 170 valence electrons. The standard InChI is InChI=1S/C27H39NO3/c1-5-6-10-19(4)23(29)15-14-21-24(30)17-25-26(21)22-13-9-12-20(27(22)31-25)11-7-8-16-28-18(2)3/h9,12-15,18-19,21,23-26,28-30H,7-8,10-11,16-17H2,1-4H3/t19-,21+,23-,24-,25+,26+/m1/s1. The molecule has 31 heavy (non-hydrogen) atoms. The molecule has 0 aromatic heterocycles. The van der Waals surface area contributed by atoms with Crippen LogP contribution < -0.4 is 10.1 Å². The fraction of sp³-hybridized carbons (Fsp3) is 0.630.